The molecular formula is C22H22N2O. The molecule has 0 aliphatic carbocycles. The fourth-order valence-electron chi connectivity index (χ4n) is 2.80. The van der Waals surface area contributed by atoms with E-state index in [2.05, 4.69) is 60.8 Å². The van der Waals surface area contributed by atoms with Crippen molar-refractivity contribution < 1.29 is 4.79 Å². The fraction of sp³-hybridized carbons (Fsp3) is 0.136. The lowest BCUT2D eigenvalue weighted by molar-refractivity contribution is 0.100. The minimum atomic E-state index is -0.405. The third-order valence-corrected chi connectivity index (χ3v) is 4.35. The maximum Gasteiger partial charge on any atom is 0.248 e. The van der Waals surface area contributed by atoms with Crippen LogP contribution in [0.3, 0.4) is 0 Å². The van der Waals surface area contributed by atoms with E-state index in [-0.39, 0.29) is 0 Å². The highest BCUT2D eigenvalue weighted by Gasteiger charge is 2.05. The van der Waals surface area contributed by atoms with Gasteiger partial charge in [-0.3, -0.25) is 4.79 Å². The highest BCUT2D eigenvalue weighted by molar-refractivity contribution is 5.94. The summed E-state index contributed by atoms with van der Waals surface area (Å²) in [5.41, 5.74) is 10.4. The number of nitrogens with two attached hydrogens (primary N) is 1. The number of rotatable bonds is 6. The standard InChI is InChI=1S/C22H22N2O/c1-16(18-6-3-2-4-7-18)24-15-17-10-12-19(13-11-17)20-8-5-9-21(14-20)22(23)25/h2-14,16,24H,15H2,1H3,(H2,23,25). The van der Waals surface area contributed by atoms with Gasteiger partial charge in [0.1, 0.15) is 0 Å². The Labute approximate surface area is 148 Å². The molecule has 3 N–H and O–H groups in total. The maximum absolute atomic E-state index is 11.3. The average Bonchev–Trinajstić information content (AvgIpc) is 2.67. The Hall–Kier alpha value is -2.91. The molecule has 126 valence electrons. The number of carbonyl (C=O) groups is 1. The summed E-state index contributed by atoms with van der Waals surface area (Å²) in [4.78, 5) is 11.3. The predicted octanol–water partition coefficient (Wildman–Crippen LogP) is 4.30. The monoisotopic (exact) mass is 330 g/mol. The molecule has 0 radical (unpaired) electrons. The lowest BCUT2D eigenvalue weighted by Crippen LogP contribution is -2.17. The van der Waals surface area contributed by atoms with E-state index < -0.39 is 5.91 Å². The second kappa shape index (κ2) is 7.77. The van der Waals surface area contributed by atoms with Crippen LogP contribution in [0.5, 0.6) is 0 Å². The molecule has 1 unspecified atom stereocenters. The molecule has 3 rings (SSSR count). The van der Waals surface area contributed by atoms with Crippen LogP contribution in [-0.2, 0) is 6.54 Å². The molecular weight excluding hydrogens is 308 g/mol. The Kier molecular flexibility index (Phi) is 5.26. The van der Waals surface area contributed by atoms with Crippen molar-refractivity contribution in [1.29, 1.82) is 0 Å². The van der Waals surface area contributed by atoms with Gasteiger partial charge in [0.25, 0.3) is 0 Å². The van der Waals surface area contributed by atoms with Gasteiger partial charge < -0.3 is 11.1 Å². The first-order valence-corrected chi connectivity index (χ1v) is 8.41. The second-order valence-corrected chi connectivity index (χ2v) is 6.16. The van der Waals surface area contributed by atoms with Crippen molar-refractivity contribution in [3.05, 3.63) is 95.6 Å². The van der Waals surface area contributed by atoms with E-state index in [0.29, 0.717) is 11.6 Å². The van der Waals surface area contributed by atoms with Crippen molar-refractivity contribution in [3.8, 4) is 11.1 Å². The van der Waals surface area contributed by atoms with Crippen LogP contribution < -0.4 is 11.1 Å². The molecule has 3 heteroatoms. The maximum atomic E-state index is 11.3. The van der Waals surface area contributed by atoms with Crippen LogP contribution in [0.2, 0.25) is 0 Å². The summed E-state index contributed by atoms with van der Waals surface area (Å²) >= 11 is 0. The highest BCUT2D eigenvalue weighted by atomic mass is 16.1. The minimum Gasteiger partial charge on any atom is -0.366 e. The summed E-state index contributed by atoms with van der Waals surface area (Å²) in [5.74, 6) is -0.405. The van der Waals surface area contributed by atoms with Crippen molar-refractivity contribution in [3.63, 3.8) is 0 Å². The van der Waals surface area contributed by atoms with Crippen LogP contribution in [0.4, 0.5) is 0 Å². The van der Waals surface area contributed by atoms with Gasteiger partial charge in [-0.25, -0.2) is 0 Å². The number of primary amides is 1. The molecule has 0 saturated heterocycles. The molecule has 3 nitrogen and oxygen atoms in total. The molecule has 0 spiro atoms. The second-order valence-electron chi connectivity index (χ2n) is 6.16. The average molecular weight is 330 g/mol. The molecule has 1 amide bonds. The summed E-state index contributed by atoms with van der Waals surface area (Å²) in [6, 6.07) is 26.5. The zero-order valence-corrected chi connectivity index (χ0v) is 14.3. The topological polar surface area (TPSA) is 55.1 Å². The molecule has 25 heavy (non-hydrogen) atoms. The van der Waals surface area contributed by atoms with E-state index in [9.17, 15) is 4.79 Å². The van der Waals surface area contributed by atoms with E-state index in [1.807, 2.05) is 24.3 Å². The normalized spacial score (nSPS) is 11.9. The highest BCUT2D eigenvalue weighted by Crippen LogP contribution is 2.21. The molecule has 0 bridgehead atoms. The summed E-state index contributed by atoms with van der Waals surface area (Å²) in [6.45, 7) is 2.97. The first kappa shape index (κ1) is 16.9. The smallest absolute Gasteiger partial charge is 0.248 e. The van der Waals surface area contributed by atoms with E-state index in [1.54, 1.807) is 6.07 Å². The summed E-state index contributed by atoms with van der Waals surface area (Å²) < 4.78 is 0. The van der Waals surface area contributed by atoms with Gasteiger partial charge in [-0.1, -0.05) is 66.7 Å². The molecule has 0 aromatic heterocycles. The third-order valence-electron chi connectivity index (χ3n) is 4.35. The number of amides is 1. The van der Waals surface area contributed by atoms with Crippen LogP contribution in [0.25, 0.3) is 11.1 Å². The first-order valence-electron chi connectivity index (χ1n) is 8.41. The molecule has 0 saturated carbocycles. The Morgan fingerprint density at radius 1 is 0.920 bits per heavy atom. The molecule has 0 aliphatic rings. The first-order chi connectivity index (χ1) is 12.1. The van der Waals surface area contributed by atoms with Gasteiger partial charge in [-0.2, -0.15) is 0 Å². The number of carbonyl (C=O) groups excluding carboxylic acids is 1. The van der Waals surface area contributed by atoms with Crippen LogP contribution in [0.1, 0.15) is 34.5 Å². The SMILES string of the molecule is CC(NCc1ccc(-c2cccc(C(N)=O)c2)cc1)c1ccccc1. The lowest BCUT2D eigenvalue weighted by Gasteiger charge is -2.14. The Morgan fingerprint density at radius 2 is 1.64 bits per heavy atom. The molecule has 3 aromatic carbocycles. The van der Waals surface area contributed by atoms with Crippen LogP contribution in [-0.4, -0.2) is 5.91 Å². The Bertz CT molecular complexity index is 841. The summed E-state index contributed by atoms with van der Waals surface area (Å²) in [5, 5.41) is 3.54. The van der Waals surface area contributed by atoms with Gasteiger partial charge in [0.15, 0.2) is 0 Å². The van der Waals surface area contributed by atoms with Crippen LogP contribution in [0, 0.1) is 0 Å². The number of hydrogen-bond donors (Lipinski definition) is 2. The third kappa shape index (κ3) is 4.34. The van der Waals surface area contributed by atoms with Crippen molar-refractivity contribution in [2.24, 2.45) is 5.73 Å². The number of benzene rings is 3. The largest absolute Gasteiger partial charge is 0.366 e. The van der Waals surface area contributed by atoms with Crippen LogP contribution >= 0.6 is 0 Å². The van der Waals surface area contributed by atoms with Crippen molar-refractivity contribution in [2.75, 3.05) is 0 Å². The molecule has 1 atom stereocenters. The minimum absolute atomic E-state index is 0.299. The van der Waals surface area contributed by atoms with Crippen molar-refractivity contribution >= 4 is 5.91 Å². The Balaban J connectivity index is 1.66. The summed E-state index contributed by atoms with van der Waals surface area (Å²) in [7, 11) is 0. The van der Waals surface area contributed by atoms with Gasteiger partial charge in [-0.05, 0) is 41.3 Å². The van der Waals surface area contributed by atoms with Crippen LogP contribution in [0.15, 0.2) is 78.9 Å². The Morgan fingerprint density at radius 3 is 2.32 bits per heavy atom. The fourth-order valence-corrected chi connectivity index (χ4v) is 2.80. The molecule has 0 aliphatic heterocycles. The van der Waals surface area contributed by atoms with Gasteiger partial charge >= 0.3 is 0 Å². The van der Waals surface area contributed by atoms with E-state index in [1.165, 1.54) is 11.1 Å². The molecule has 0 heterocycles. The van der Waals surface area contributed by atoms with Gasteiger partial charge in [-0.15, -0.1) is 0 Å². The number of hydrogen-bond acceptors (Lipinski definition) is 2. The van der Waals surface area contributed by atoms with Gasteiger partial charge in [0.05, 0.1) is 0 Å². The molecule has 3 aromatic rings. The number of nitrogens with one attached hydrogen (secondary N) is 1. The predicted molar refractivity (Wildman–Crippen MR) is 102 cm³/mol. The van der Waals surface area contributed by atoms with E-state index in [0.717, 1.165) is 17.7 Å². The van der Waals surface area contributed by atoms with Gasteiger partial charge in [0.2, 0.25) is 5.91 Å². The van der Waals surface area contributed by atoms with E-state index in [4.69, 9.17) is 5.73 Å². The quantitative estimate of drug-likeness (QED) is 0.708. The zero-order valence-electron chi connectivity index (χ0n) is 14.3. The van der Waals surface area contributed by atoms with Gasteiger partial charge in [0, 0.05) is 18.2 Å². The lowest BCUT2D eigenvalue weighted by atomic mass is 10.0. The van der Waals surface area contributed by atoms with Crippen molar-refractivity contribution in [2.45, 2.75) is 19.5 Å². The van der Waals surface area contributed by atoms with Crippen molar-refractivity contribution in [1.82, 2.24) is 5.32 Å². The van der Waals surface area contributed by atoms with E-state index >= 15 is 0 Å². The summed E-state index contributed by atoms with van der Waals surface area (Å²) in [6.07, 6.45) is 0. The molecule has 0 fully saturated rings. The zero-order chi connectivity index (χ0) is 17.6.